The molecular weight excluding hydrogens is 302 g/mol. The quantitative estimate of drug-likeness (QED) is 0.651. The lowest BCUT2D eigenvalue weighted by Crippen LogP contribution is -2.36. The van der Waals surface area contributed by atoms with Crippen LogP contribution in [0, 0.1) is 0 Å². The van der Waals surface area contributed by atoms with Crippen molar-refractivity contribution in [1.29, 1.82) is 0 Å². The van der Waals surface area contributed by atoms with Crippen molar-refractivity contribution in [3.8, 4) is 0 Å². The zero-order chi connectivity index (χ0) is 16.8. The first-order valence-corrected chi connectivity index (χ1v) is 7.07. The summed E-state index contributed by atoms with van der Waals surface area (Å²) in [7, 11) is 1.53. The summed E-state index contributed by atoms with van der Waals surface area (Å²) in [6.45, 7) is -0.442. The third-order valence-electron chi connectivity index (χ3n) is 3.28. The van der Waals surface area contributed by atoms with Gasteiger partial charge in [-0.2, -0.15) is 0 Å². The molecule has 0 aromatic heterocycles. The maximum absolute atomic E-state index is 11.7. The minimum Gasteiger partial charge on any atom is -0.454 e. The summed E-state index contributed by atoms with van der Waals surface area (Å²) >= 11 is 0. The van der Waals surface area contributed by atoms with Crippen LogP contribution in [0.5, 0.6) is 0 Å². The molecule has 1 aromatic rings. The highest BCUT2D eigenvalue weighted by atomic mass is 16.5. The number of carbonyl (C=O) groups excluding carboxylic acids is 4. The van der Waals surface area contributed by atoms with E-state index in [0.717, 1.165) is 0 Å². The number of amides is 3. The van der Waals surface area contributed by atoms with Gasteiger partial charge in [0, 0.05) is 24.7 Å². The first kappa shape index (κ1) is 16.5. The highest BCUT2D eigenvalue weighted by molar-refractivity contribution is 5.96. The largest absolute Gasteiger partial charge is 0.454 e. The molecule has 0 saturated carbocycles. The Bertz CT molecular complexity index is 627. The maximum atomic E-state index is 11.7. The number of rotatable bonds is 5. The summed E-state index contributed by atoms with van der Waals surface area (Å²) in [4.78, 5) is 45.8. The third-order valence-corrected chi connectivity index (χ3v) is 3.28. The monoisotopic (exact) mass is 319 g/mol. The highest BCUT2D eigenvalue weighted by Crippen LogP contribution is 2.10. The van der Waals surface area contributed by atoms with Crippen molar-refractivity contribution in [2.45, 2.75) is 18.9 Å². The SMILES string of the molecule is CNC(=O)c1ccc(NC(=O)COC(=O)[C@@H]2CCC(=O)N2)cc1. The van der Waals surface area contributed by atoms with Gasteiger partial charge in [-0.05, 0) is 30.7 Å². The lowest BCUT2D eigenvalue weighted by molar-refractivity contribution is -0.149. The molecule has 1 aliphatic rings. The van der Waals surface area contributed by atoms with Crippen LogP contribution in [0.4, 0.5) is 5.69 Å². The molecule has 1 fully saturated rings. The van der Waals surface area contributed by atoms with Crippen molar-refractivity contribution in [1.82, 2.24) is 10.6 Å². The summed E-state index contributed by atoms with van der Waals surface area (Å²) < 4.78 is 4.86. The topological polar surface area (TPSA) is 114 Å². The van der Waals surface area contributed by atoms with Crippen molar-refractivity contribution < 1.29 is 23.9 Å². The summed E-state index contributed by atoms with van der Waals surface area (Å²) in [5.41, 5.74) is 0.946. The molecule has 0 aliphatic carbocycles. The van der Waals surface area contributed by atoms with Gasteiger partial charge in [0.2, 0.25) is 5.91 Å². The lowest BCUT2D eigenvalue weighted by Gasteiger charge is -2.10. The van der Waals surface area contributed by atoms with Crippen molar-refractivity contribution >= 4 is 29.4 Å². The van der Waals surface area contributed by atoms with Crippen molar-refractivity contribution in [2.24, 2.45) is 0 Å². The van der Waals surface area contributed by atoms with Gasteiger partial charge in [0.25, 0.3) is 11.8 Å². The summed E-state index contributed by atoms with van der Waals surface area (Å²) in [5.74, 6) is -1.56. The van der Waals surface area contributed by atoms with E-state index in [2.05, 4.69) is 16.0 Å². The Labute approximate surface area is 132 Å². The van der Waals surface area contributed by atoms with Crippen molar-refractivity contribution in [2.75, 3.05) is 19.0 Å². The minimum atomic E-state index is -0.679. The van der Waals surface area contributed by atoms with Crippen LogP contribution in [-0.2, 0) is 19.1 Å². The number of esters is 1. The molecule has 3 amide bonds. The molecule has 8 heteroatoms. The summed E-state index contributed by atoms with van der Waals surface area (Å²) in [6.07, 6.45) is 0.657. The van der Waals surface area contributed by atoms with Gasteiger partial charge in [-0.15, -0.1) is 0 Å². The molecule has 1 aliphatic heterocycles. The highest BCUT2D eigenvalue weighted by Gasteiger charge is 2.28. The second-order valence-electron chi connectivity index (χ2n) is 4.97. The maximum Gasteiger partial charge on any atom is 0.329 e. The van der Waals surface area contributed by atoms with Gasteiger partial charge in [-0.1, -0.05) is 0 Å². The molecule has 0 unspecified atom stereocenters. The molecule has 1 aromatic carbocycles. The van der Waals surface area contributed by atoms with E-state index in [0.29, 0.717) is 17.7 Å². The number of hydrogen-bond donors (Lipinski definition) is 3. The molecule has 1 atom stereocenters. The molecule has 0 spiro atoms. The van der Waals surface area contributed by atoms with Crippen LogP contribution in [-0.4, -0.2) is 43.4 Å². The van der Waals surface area contributed by atoms with Gasteiger partial charge in [0.15, 0.2) is 6.61 Å². The van der Waals surface area contributed by atoms with Gasteiger partial charge in [-0.3, -0.25) is 14.4 Å². The van der Waals surface area contributed by atoms with E-state index in [4.69, 9.17) is 4.74 Å². The van der Waals surface area contributed by atoms with Gasteiger partial charge in [0.05, 0.1) is 0 Å². The fourth-order valence-corrected chi connectivity index (χ4v) is 2.07. The minimum absolute atomic E-state index is 0.201. The van der Waals surface area contributed by atoms with Crippen molar-refractivity contribution in [3.05, 3.63) is 29.8 Å². The average Bonchev–Trinajstić information content (AvgIpc) is 2.99. The number of ether oxygens (including phenoxy) is 1. The van der Waals surface area contributed by atoms with E-state index in [1.807, 2.05) is 0 Å². The Balaban J connectivity index is 1.79. The normalized spacial score (nSPS) is 16.4. The summed E-state index contributed by atoms with van der Waals surface area (Å²) in [5, 5.41) is 7.50. The number of hydrogen-bond acceptors (Lipinski definition) is 5. The lowest BCUT2D eigenvalue weighted by atomic mass is 10.2. The van der Waals surface area contributed by atoms with Gasteiger partial charge in [-0.25, -0.2) is 4.79 Å². The Kier molecular flexibility index (Phi) is 5.29. The van der Waals surface area contributed by atoms with Crippen LogP contribution in [0.2, 0.25) is 0 Å². The van der Waals surface area contributed by atoms with Gasteiger partial charge in [0.1, 0.15) is 6.04 Å². The van der Waals surface area contributed by atoms with Crippen LogP contribution in [0.15, 0.2) is 24.3 Å². The average molecular weight is 319 g/mol. The molecule has 2 rings (SSSR count). The first-order chi connectivity index (χ1) is 11.0. The first-order valence-electron chi connectivity index (χ1n) is 7.07. The molecule has 3 N–H and O–H groups in total. The molecular formula is C15H17N3O5. The van der Waals surface area contributed by atoms with Gasteiger partial charge < -0.3 is 20.7 Å². The second-order valence-corrected chi connectivity index (χ2v) is 4.97. The van der Waals surface area contributed by atoms with Crippen LogP contribution in [0.1, 0.15) is 23.2 Å². The number of carbonyl (C=O) groups is 4. The molecule has 8 nitrogen and oxygen atoms in total. The standard InChI is InChI=1S/C15H17N3O5/c1-16-14(21)9-2-4-10(5-3-9)17-13(20)8-23-15(22)11-6-7-12(19)18-11/h2-5,11H,6-8H2,1H3,(H,16,21)(H,17,20)(H,18,19)/t11-/m0/s1. The van der Waals surface area contributed by atoms with Crippen LogP contribution in [0.3, 0.4) is 0 Å². The molecule has 23 heavy (non-hydrogen) atoms. The number of nitrogens with one attached hydrogen (secondary N) is 3. The van der Waals surface area contributed by atoms with Gasteiger partial charge >= 0.3 is 5.97 Å². The molecule has 0 radical (unpaired) electrons. The van der Waals surface area contributed by atoms with E-state index in [-0.39, 0.29) is 18.2 Å². The predicted molar refractivity (Wildman–Crippen MR) is 80.6 cm³/mol. The van der Waals surface area contributed by atoms with E-state index in [1.54, 1.807) is 24.3 Å². The number of anilines is 1. The van der Waals surface area contributed by atoms with Crippen LogP contribution >= 0.6 is 0 Å². The molecule has 1 saturated heterocycles. The van der Waals surface area contributed by atoms with E-state index < -0.39 is 24.5 Å². The van der Waals surface area contributed by atoms with E-state index in [9.17, 15) is 19.2 Å². The van der Waals surface area contributed by atoms with E-state index in [1.165, 1.54) is 7.05 Å². The van der Waals surface area contributed by atoms with E-state index >= 15 is 0 Å². The smallest absolute Gasteiger partial charge is 0.329 e. The fourth-order valence-electron chi connectivity index (χ4n) is 2.07. The Morgan fingerprint density at radius 2 is 1.96 bits per heavy atom. The predicted octanol–water partition coefficient (Wildman–Crippen LogP) is -0.193. The Morgan fingerprint density at radius 3 is 2.52 bits per heavy atom. The fraction of sp³-hybridized carbons (Fsp3) is 0.333. The Morgan fingerprint density at radius 1 is 1.26 bits per heavy atom. The third kappa shape index (κ3) is 4.53. The second kappa shape index (κ2) is 7.39. The van der Waals surface area contributed by atoms with Crippen LogP contribution < -0.4 is 16.0 Å². The Hall–Kier alpha value is -2.90. The molecule has 122 valence electrons. The zero-order valence-corrected chi connectivity index (χ0v) is 12.5. The zero-order valence-electron chi connectivity index (χ0n) is 12.5. The van der Waals surface area contributed by atoms with Crippen LogP contribution in [0.25, 0.3) is 0 Å². The number of benzene rings is 1. The molecule has 0 bridgehead atoms. The summed E-state index contributed by atoms with van der Waals surface area (Å²) in [6, 6.07) is 5.59. The van der Waals surface area contributed by atoms with Crippen molar-refractivity contribution in [3.63, 3.8) is 0 Å². The molecule has 1 heterocycles.